The van der Waals surface area contributed by atoms with Crippen LogP contribution in [-0.2, 0) is 0 Å². The number of halogens is 1. The molecule has 4 rings (SSSR count). The highest BCUT2D eigenvalue weighted by atomic mass is 35.5. The SMILES string of the molecule is Cc1cc(Nc2nc(-c3ccccc3)ncc2Cl)c(OC(C)C)cc1C1CCNCC1. The molecule has 1 saturated heterocycles. The number of anilines is 2. The number of aromatic nitrogens is 2. The van der Waals surface area contributed by atoms with Crippen LogP contribution in [0.4, 0.5) is 11.5 Å². The Morgan fingerprint density at radius 3 is 2.58 bits per heavy atom. The van der Waals surface area contributed by atoms with Crippen molar-refractivity contribution in [3.8, 4) is 17.1 Å². The number of hydrogen-bond acceptors (Lipinski definition) is 5. The first-order valence-corrected chi connectivity index (χ1v) is 11.3. The maximum absolute atomic E-state index is 6.45. The van der Waals surface area contributed by atoms with Gasteiger partial charge in [0.1, 0.15) is 10.8 Å². The zero-order chi connectivity index (χ0) is 21.8. The molecule has 0 aliphatic carbocycles. The zero-order valence-electron chi connectivity index (χ0n) is 18.3. The Morgan fingerprint density at radius 1 is 1.13 bits per heavy atom. The predicted octanol–water partition coefficient (Wildman–Crippen LogP) is 6.10. The Morgan fingerprint density at radius 2 is 1.87 bits per heavy atom. The summed E-state index contributed by atoms with van der Waals surface area (Å²) < 4.78 is 6.19. The van der Waals surface area contributed by atoms with E-state index < -0.39 is 0 Å². The molecular formula is C25H29ClN4O. The largest absolute Gasteiger partial charge is 0.489 e. The van der Waals surface area contributed by atoms with Crippen molar-refractivity contribution in [2.45, 2.75) is 45.6 Å². The predicted molar refractivity (Wildman–Crippen MR) is 128 cm³/mol. The van der Waals surface area contributed by atoms with Gasteiger partial charge in [-0.3, -0.25) is 0 Å². The Balaban J connectivity index is 1.69. The standard InChI is InChI=1S/C25H29ClN4O/c1-16(2)31-23-14-20(18-9-11-27-12-10-18)17(3)13-22(23)29-25-21(26)15-28-24(30-25)19-7-5-4-6-8-19/h4-8,13-16,18,27H,9-12H2,1-3H3,(H,28,29,30). The van der Waals surface area contributed by atoms with E-state index in [9.17, 15) is 0 Å². The molecule has 0 unspecified atom stereocenters. The molecule has 2 N–H and O–H groups in total. The van der Waals surface area contributed by atoms with Gasteiger partial charge in [-0.15, -0.1) is 0 Å². The fourth-order valence-corrected chi connectivity index (χ4v) is 4.17. The molecule has 2 aromatic carbocycles. The summed E-state index contributed by atoms with van der Waals surface area (Å²) in [5, 5.41) is 7.32. The van der Waals surface area contributed by atoms with E-state index in [1.54, 1.807) is 6.20 Å². The summed E-state index contributed by atoms with van der Waals surface area (Å²) in [6.07, 6.45) is 3.99. The number of piperidine rings is 1. The van der Waals surface area contributed by atoms with Crippen molar-refractivity contribution in [3.63, 3.8) is 0 Å². The van der Waals surface area contributed by atoms with Gasteiger partial charge >= 0.3 is 0 Å². The summed E-state index contributed by atoms with van der Waals surface area (Å²) in [4.78, 5) is 9.08. The van der Waals surface area contributed by atoms with Gasteiger partial charge in [0.2, 0.25) is 0 Å². The van der Waals surface area contributed by atoms with Crippen LogP contribution in [0.5, 0.6) is 5.75 Å². The smallest absolute Gasteiger partial charge is 0.161 e. The van der Waals surface area contributed by atoms with Crippen LogP contribution in [0.3, 0.4) is 0 Å². The molecule has 1 aliphatic rings. The summed E-state index contributed by atoms with van der Waals surface area (Å²) >= 11 is 6.45. The lowest BCUT2D eigenvalue weighted by Crippen LogP contribution is -2.27. The molecule has 0 atom stereocenters. The van der Waals surface area contributed by atoms with Crippen molar-refractivity contribution in [1.82, 2.24) is 15.3 Å². The molecule has 6 heteroatoms. The van der Waals surface area contributed by atoms with E-state index in [2.05, 4.69) is 39.7 Å². The number of ether oxygens (including phenoxy) is 1. The molecule has 0 bridgehead atoms. The van der Waals surface area contributed by atoms with Crippen molar-refractivity contribution in [2.24, 2.45) is 0 Å². The molecule has 1 aromatic heterocycles. The maximum Gasteiger partial charge on any atom is 0.161 e. The molecule has 3 aromatic rings. The van der Waals surface area contributed by atoms with Crippen LogP contribution < -0.4 is 15.4 Å². The minimum Gasteiger partial charge on any atom is -0.489 e. The van der Waals surface area contributed by atoms with Gasteiger partial charge in [-0.05, 0) is 75.9 Å². The van der Waals surface area contributed by atoms with Gasteiger partial charge in [0.05, 0.1) is 18.0 Å². The topological polar surface area (TPSA) is 59.1 Å². The molecule has 1 aliphatic heterocycles. The zero-order valence-corrected chi connectivity index (χ0v) is 19.0. The molecule has 0 spiro atoms. The molecule has 2 heterocycles. The molecule has 162 valence electrons. The number of benzene rings is 2. The van der Waals surface area contributed by atoms with Gasteiger partial charge in [0.25, 0.3) is 0 Å². The maximum atomic E-state index is 6.45. The number of aryl methyl sites for hydroxylation is 1. The lowest BCUT2D eigenvalue weighted by Gasteiger charge is -2.26. The third-order valence-electron chi connectivity index (χ3n) is 5.54. The quantitative estimate of drug-likeness (QED) is 0.488. The average molecular weight is 437 g/mol. The van der Waals surface area contributed by atoms with Gasteiger partial charge in [-0.25, -0.2) is 9.97 Å². The molecule has 0 amide bonds. The molecule has 1 fully saturated rings. The first-order chi connectivity index (χ1) is 15.0. The fourth-order valence-electron chi connectivity index (χ4n) is 4.03. The van der Waals surface area contributed by atoms with Crippen molar-refractivity contribution in [2.75, 3.05) is 18.4 Å². The number of rotatable bonds is 6. The van der Waals surface area contributed by atoms with E-state index >= 15 is 0 Å². The second-order valence-corrected chi connectivity index (χ2v) is 8.68. The molecule has 5 nitrogen and oxygen atoms in total. The van der Waals surface area contributed by atoms with Gasteiger partial charge in [0, 0.05) is 5.56 Å². The number of nitrogens with zero attached hydrogens (tertiary/aromatic N) is 2. The second kappa shape index (κ2) is 9.67. The Bertz CT molecular complexity index is 1030. The summed E-state index contributed by atoms with van der Waals surface area (Å²) in [6.45, 7) is 8.36. The Hall–Kier alpha value is -2.63. The highest BCUT2D eigenvalue weighted by Gasteiger charge is 2.20. The number of hydrogen-bond donors (Lipinski definition) is 2. The Kier molecular flexibility index (Phi) is 6.73. The summed E-state index contributed by atoms with van der Waals surface area (Å²) in [5.41, 5.74) is 4.42. The van der Waals surface area contributed by atoms with E-state index in [1.165, 1.54) is 11.1 Å². The third-order valence-corrected chi connectivity index (χ3v) is 5.82. The van der Waals surface area contributed by atoms with Gasteiger partial charge in [-0.2, -0.15) is 0 Å². The highest BCUT2D eigenvalue weighted by Crippen LogP contribution is 2.38. The van der Waals surface area contributed by atoms with E-state index in [0.717, 1.165) is 42.9 Å². The summed E-state index contributed by atoms with van der Waals surface area (Å²) in [6, 6.07) is 14.2. The van der Waals surface area contributed by atoms with Gasteiger partial charge in [-0.1, -0.05) is 41.9 Å². The second-order valence-electron chi connectivity index (χ2n) is 8.28. The van der Waals surface area contributed by atoms with Crippen molar-refractivity contribution in [3.05, 3.63) is 64.8 Å². The summed E-state index contributed by atoms with van der Waals surface area (Å²) in [5.74, 6) is 2.57. The normalized spacial score (nSPS) is 14.6. The van der Waals surface area contributed by atoms with E-state index in [0.29, 0.717) is 22.6 Å². The highest BCUT2D eigenvalue weighted by molar-refractivity contribution is 6.32. The van der Waals surface area contributed by atoms with Crippen LogP contribution in [0, 0.1) is 6.92 Å². The van der Waals surface area contributed by atoms with E-state index in [-0.39, 0.29) is 6.10 Å². The first kappa shape index (κ1) is 21.6. The van der Waals surface area contributed by atoms with Crippen molar-refractivity contribution < 1.29 is 4.74 Å². The third kappa shape index (κ3) is 5.17. The summed E-state index contributed by atoms with van der Waals surface area (Å²) in [7, 11) is 0. The monoisotopic (exact) mass is 436 g/mol. The number of nitrogens with one attached hydrogen (secondary N) is 2. The van der Waals surface area contributed by atoms with Gasteiger partial charge < -0.3 is 15.4 Å². The van der Waals surface area contributed by atoms with Crippen LogP contribution in [0.15, 0.2) is 48.7 Å². The van der Waals surface area contributed by atoms with Crippen LogP contribution in [0.2, 0.25) is 5.02 Å². The minimum absolute atomic E-state index is 0.0601. The lowest BCUT2D eigenvalue weighted by atomic mass is 9.87. The minimum atomic E-state index is 0.0601. The first-order valence-electron chi connectivity index (χ1n) is 10.9. The van der Waals surface area contributed by atoms with Crippen LogP contribution in [0.25, 0.3) is 11.4 Å². The lowest BCUT2D eigenvalue weighted by molar-refractivity contribution is 0.243. The molecule has 0 saturated carbocycles. The van der Waals surface area contributed by atoms with Gasteiger partial charge in [0.15, 0.2) is 11.6 Å². The molecular weight excluding hydrogens is 408 g/mol. The molecule has 0 radical (unpaired) electrons. The average Bonchev–Trinajstić information content (AvgIpc) is 2.78. The molecule has 31 heavy (non-hydrogen) atoms. The van der Waals surface area contributed by atoms with E-state index in [1.807, 2.05) is 44.2 Å². The van der Waals surface area contributed by atoms with Crippen LogP contribution in [0.1, 0.15) is 43.7 Å². The van der Waals surface area contributed by atoms with Crippen LogP contribution in [-0.4, -0.2) is 29.2 Å². The van der Waals surface area contributed by atoms with Crippen LogP contribution >= 0.6 is 11.6 Å². The van der Waals surface area contributed by atoms with E-state index in [4.69, 9.17) is 16.3 Å². The van der Waals surface area contributed by atoms with Crippen molar-refractivity contribution in [1.29, 1.82) is 0 Å². The van der Waals surface area contributed by atoms with Crippen molar-refractivity contribution >= 4 is 23.1 Å². The Labute approximate surface area is 189 Å². The fraction of sp³-hybridized carbons (Fsp3) is 0.360.